The second kappa shape index (κ2) is 9.37. The Bertz CT molecular complexity index is 1470. The van der Waals surface area contributed by atoms with Gasteiger partial charge in [-0.3, -0.25) is 4.31 Å². The minimum absolute atomic E-state index is 0.245. The van der Waals surface area contributed by atoms with E-state index in [0.717, 1.165) is 35.8 Å². The molecule has 0 saturated heterocycles. The fraction of sp³-hybridized carbons (Fsp3) is 0.360. The average Bonchev–Trinajstić information content (AvgIpc) is 2.83. The van der Waals surface area contributed by atoms with E-state index in [0.29, 0.717) is 17.7 Å². The number of aromatic nitrogens is 3. The molecule has 5 rings (SSSR count). The lowest BCUT2D eigenvalue weighted by Crippen LogP contribution is -2.33. The number of nitrogens with one attached hydrogen (secondary N) is 2. The predicted molar refractivity (Wildman–Crippen MR) is 139 cm³/mol. The summed E-state index contributed by atoms with van der Waals surface area (Å²) in [7, 11) is 0.131. The summed E-state index contributed by atoms with van der Waals surface area (Å²) in [5, 5.41) is 15.9. The van der Waals surface area contributed by atoms with Crippen LogP contribution in [0.3, 0.4) is 0 Å². The number of hydrogen-bond acceptors (Lipinski definition) is 9. The highest BCUT2D eigenvalue weighted by Crippen LogP contribution is 2.40. The first-order valence-electron chi connectivity index (χ1n) is 11.8. The molecule has 1 aliphatic carbocycles. The Kier molecular flexibility index (Phi) is 6.24. The molecular weight excluding hydrogens is 476 g/mol. The lowest BCUT2D eigenvalue weighted by molar-refractivity contribution is 0.266. The van der Waals surface area contributed by atoms with Crippen LogP contribution in [0.4, 0.5) is 29.1 Å². The van der Waals surface area contributed by atoms with E-state index in [1.165, 1.54) is 42.8 Å². The van der Waals surface area contributed by atoms with Crippen LogP contribution in [-0.2, 0) is 23.0 Å². The molecule has 1 unspecified atom stereocenters. The van der Waals surface area contributed by atoms with Gasteiger partial charge in [-0.05, 0) is 73.2 Å². The molecule has 2 N–H and O–H groups in total. The molecule has 0 amide bonds. The quantitative estimate of drug-likeness (QED) is 0.518. The number of pyridine rings is 1. The summed E-state index contributed by atoms with van der Waals surface area (Å²) in [4.78, 5) is 15.6. The average molecular weight is 505 g/mol. The van der Waals surface area contributed by atoms with E-state index < -0.39 is 10.0 Å². The molecule has 2 aliphatic rings. The maximum Gasteiger partial charge on any atom is 0.233 e. The number of likely N-dealkylation sites (N-methyl/N-ethyl adjacent to an activating group) is 1. The van der Waals surface area contributed by atoms with Crippen molar-refractivity contribution in [1.29, 1.82) is 5.26 Å². The normalized spacial score (nSPS) is 17.1. The molecule has 1 atom stereocenters. The molecule has 1 aromatic carbocycles. The lowest BCUT2D eigenvalue weighted by Gasteiger charge is -2.37. The number of anilines is 5. The van der Waals surface area contributed by atoms with E-state index in [2.05, 4.69) is 55.7 Å². The van der Waals surface area contributed by atoms with Crippen molar-refractivity contribution in [3.8, 4) is 6.07 Å². The maximum absolute atomic E-state index is 11.9. The fourth-order valence-electron chi connectivity index (χ4n) is 5.02. The van der Waals surface area contributed by atoms with Gasteiger partial charge in [0.15, 0.2) is 5.82 Å². The van der Waals surface area contributed by atoms with Crippen LogP contribution in [-0.4, -0.2) is 55.2 Å². The van der Waals surface area contributed by atoms with Gasteiger partial charge in [0.2, 0.25) is 16.0 Å². The first kappa shape index (κ1) is 24.0. The van der Waals surface area contributed by atoms with Crippen molar-refractivity contribution in [1.82, 2.24) is 19.9 Å². The zero-order chi connectivity index (χ0) is 25.4. The Hall–Kier alpha value is -3.75. The first-order valence-corrected chi connectivity index (χ1v) is 13.6. The van der Waals surface area contributed by atoms with Crippen LogP contribution >= 0.6 is 0 Å². The standard InChI is InChI=1S/C25H28N8O2S/c1-32-14-17-7-4-6-16-10-20(11-18(15-32)23(16)17)28-25-27-13-19(12-26)24(31-25)30-21-8-5-9-22(29-21)33(2)36(3,34)35/h5,8-11,13,17H,4,6-7,14-15H2,1-3H3,(H2,27,28,29,30,31). The number of aryl methyl sites for hydroxylation is 1. The molecule has 3 aromatic rings. The molecule has 0 saturated carbocycles. The molecule has 3 heterocycles. The van der Waals surface area contributed by atoms with Gasteiger partial charge in [-0.2, -0.15) is 10.2 Å². The largest absolute Gasteiger partial charge is 0.324 e. The van der Waals surface area contributed by atoms with Gasteiger partial charge in [0.25, 0.3) is 0 Å². The molecule has 1 aliphatic heterocycles. The summed E-state index contributed by atoms with van der Waals surface area (Å²) in [6.45, 7) is 2.02. The van der Waals surface area contributed by atoms with Crippen LogP contribution in [0.2, 0.25) is 0 Å². The molecule has 0 radical (unpaired) electrons. The smallest absolute Gasteiger partial charge is 0.233 e. The number of hydrogen-bond donors (Lipinski definition) is 2. The minimum atomic E-state index is -3.46. The third kappa shape index (κ3) is 4.82. The van der Waals surface area contributed by atoms with Crippen LogP contribution in [0.1, 0.15) is 41.0 Å². The Morgan fingerprint density at radius 3 is 2.78 bits per heavy atom. The molecule has 36 heavy (non-hydrogen) atoms. The van der Waals surface area contributed by atoms with Crippen molar-refractivity contribution in [3.63, 3.8) is 0 Å². The van der Waals surface area contributed by atoms with Crippen molar-refractivity contribution in [3.05, 3.63) is 58.8 Å². The third-order valence-electron chi connectivity index (χ3n) is 6.70. The Morgan fingerprint density at radius 2 is 2.00 bits per heavy atom. The SMILES string of the molecule is CN1Cc2cc(Nc3ncc(C#N)c(Nc4cccc(N(C)S(C)(=O)=O)n4)n3)cc3c2C(CCC3)C1. The third-order valence-corrected chi connectivity index (χ3v) is 7.88. The van der Waals surface area contributed by atoms with Crippen LogP contribution in [0.5, 0.6) is 0 Å². The predicted octanol–water partition coefficient (Wildman–Crippen LogP) is 3.49. The van der Waals surface area contributed by atoms with E-state index in [9.17, 15) is 13.7 Å². The van der Waals surface area contributed by atoms with Gasteiger partial charge >= 0.3 is 0 Å². The number of nitriles is 1. The Balaban J connectivity index is 1.43. The number of benzene rings is 1. The zero-order valence-electron chi connectivity index (χ0n) is 20.5. The van der Waals surface area contributed by atoms with Gasteiger partial charge in [-0.25, -0.2) is 18.4 Å². The Labute approximate surface area is 211 Å². The van der Waals surface area contributed by atoms with Gasteiger partial charge < -0.3 is 15.5 Å². The summed E-state index contributed by atoms with van der Waals surface area (Å²) < 4.78 is 24.9. The van der Waals surface area contributed by atoms with E-state index in [1.54, 1.807) is 18.2 Å². The summed E-state index contributed by atoms with van der Waals surface area (Å²) in [5.41, 5.74) is 5.41. The monoisotopic (exact) mass is 504 g/mol. The van der Waals surface area contributed by atoms with Gasteiger partial charge in [-0.15, -0.1) is 0 Å². The van der Waals surface area contributed by atoms with E-state index >= 15 is 0 Å². The zero-order valence-corrected chi connectivity index (χ0v) is 21.3. The molecule has 11 heteroatoms. The van der Waals surface area contributed by atoms with Crippen LogP contribution in [0, 0.1) is 11.3 Å². The van der Waals surface area contributed by atoms with Gasteiger partial charge in [0.05, 0.1) is 12.5 Å². The summed E-state index contributed by atoms with van der Waals surface area (Å²) in [5.74, 6) is 1.84. The molecule has 0 fully saturated rings. The minimum Gasteiger partial charge on any atom is -0.324 e. The second-order valence-electron chi connectivity index (χ2n) is 9.42. The highest BCUT2D eigenvalue weighted by Gasteiger charge is 2.29. The number of nitrogens with zero attached hydrogens (tertiary/aromatic N) is 6. The topological polar surface area (TPSA) is 127 Å². The molecule has 2 aromatic heterocycles. The summed E-state index contributed by atoms with van der Waals surface area (Å²) in [6, 6.07) is 11.4. The van der Waals surface area contributed by atoms with Gasteiger partial charge in [0, 0.05) is 25.8 Å². The fourth-order valence-corrected chi connectivity index (χ4v) is 5.46. The highest BCUT2D eigenvalue weighted by molar-refractivity contribution is 7.92. The first-order chi connectivity index (χ1) is 17.2. The van der Waals surface area contributed by atoms with Crippen molar-refractivity contribution < 1.29 is 8.42 Å². The van der Waals surface area contributed by atoms with Crippen molar-refractivity contribution >= 4 is 39.1 Å². The molecule has 10 nitrogen and oxygen atoms in total. The van der Waals surface area contributed by atoms with Crippen LogP contribution in [0.25, 0.3) is 0 Å². The molecule has 0 spiro atoms. The van der Waals surface area contributed by atoms with Gasteiger partial charge in [-0.1, -0.05) is 6.07 Å². The second-order valence-corrected chi connectivity index (χ2v) is 11.4. The van der Waals surface area contributed by atoms with Crippen LogP contribution in [0.15, 0.2) is 36.5 Å². The van der Waals surface area contributed by atoms with Crippen molar-refractivity contribution in [2.75, 3.05) is 41.8 Å². The molecule has 0 bridgehead atoms. The number of sulfonamides is 1. The molecule has 186 valence electrons. The van der Waals surface area contributed by atoms with E-state index in [4.69, 9.17) is 0 Å². The maximum atomic E-state index is 11.9. The van der Waals surface area contributed by atoms with E-state index in [-0.39, 0.29) is 17.2 Å². The lowest BCUT2D eigenvalue weighted by atomic mass is 9.77. The number of rotatable bonds is 6. The van der Waals surface area contributed by atoms with Crippen LogP contribution < -0.4 is 14.9 Å². The van der Waals surface area contributed by atoms with E-state index in [1.807, 2.05) is 0 Å². The highest BCUT2D eigenvalue weighted by atomic mass is 32.2. The Morgan fingerprint density at radius 1 is 1.19 bits per heavy atom. The summed E-state index contributed by atoms with van der Waals surface area (Å²) in [6.07, 6.45) is 6.06. The molecular formula is C25H28N8O2S. The summed E-state index contributed by atoms with van der Waals surface area (Å²) >= 11 is 0. The van der Waals surface area contributed by atoms with Crippen molar-refractivity contribution in [2.24, 2.45) is 0 Å². The van der Waals surface area contributed by atoms with Crippen molar-refractivity contribution in [2.45, 2.75) is 31.7 Å². The van der Waals surface area contributed by atoms with Gasteiger partial charge in [0.1, 0.15) is 23.3 Å².